The molecule has 0 radical (unpaired) electrons. The summed E-state index contributed by atoms with van der Waals surface area (Å²) in [6, 6.07) is 0. The molecule has 0 saturated heterocycles. The van der Waals surface area contributed by atoms with Gasteiger partial charge in [-0.1, -0.05) is 12.2 Å². The van der Waals surface area contributed by atoms with E-state index in [2.05, 4.69) is 12.2 Å². The summed E-state index contributed by atoms with van der Waals surface area (Å²) in [5.41, 5.74) is -0.380. The first-order valence-electron chi connectivity index (χ1n) is 5.61. The van der Waals surface area contributed by atoms with Crippen LogP contribution in [-0.2, 0) is 4.74 Å². The Kier molecular flexibility index (Phi) is 2.28. The molecule has 3 nitrogen and oxygen atoms in total. The average Bonchev–Trinajstić information content (AvgIpc) is 2.83. The van der Waals surface area contributed by atoms with Crippen LogP contribution in [0, 0.1) is 0 Å². The Morgan fingerprint density at radius 3 is 2.60 bits per heavy atom. The van der Waals surface area contributed by atoms with Crippen molar-refractivity contribution < 1.29 is 9.53 Å². The third-order valence-corrected chi connectivity index (χ3v) is 2.86. The Balaban J connectivity index is 2.04. The SMILES string of the molecule is CC(C)(C)OC(=O)N1CCC=CC12CC2. The molecule has 3 heteroatoms. The second kappa shape index (κ2) is 3.26. The summed E-state index contributed by atoms with van der Waals surface area (Å²) in [4.78, 5) is 13.8. The zero-order valence-electron chi connectivity index (χ0n) is 9.75. The molecule has 0 N–H and O–H groups in total. The highest BCUT2D eigenvalue weighted by atomic mass is 16.6. The molecule has 0 aromatic rings. The second-order valence-corrected chi connectivity index (χ2v) is 5.43. The van der Waals surface area contributed by atoms with Gasteiger partial charge >= 0.3 is 6.09 Å². The molecule has 2 rings (SSSR count). The van der Waals surface area contributed by atoms with Crippen molar-refractivity contribution in [3.8, 4) is 0 Å². The molecule has 1 fully saturated rings. The number of ether oxygens (including phenoxy) is 1. The van der Waals surface area contributed by atoms with Gasteiger partial charge in [0.05, 0.1) is 5.54 Å². The van der Waals surface area contributed by atoms with Gasteiger partial charge in [-0.2, -0.15) is 0 Å². The minimum absolute atomic E-state index is 0.0145. The van der Waals surface area contributed by atoms with E-state index in [1.807, 2.05) is 25.7 Å². The predicted octanol–water partition coefficient (Wildman–Crippen LogP) is 2.72. The highest BCUT2D eigenvalue weighted by Gasteiger charge is 2.50. The van der Waals surface area contributed by atoms with Gasteiger partial charge in [0.2, 0.25) is 0 Å². The highest BCUT2D eigenvalue weighted by Crippen LogP contribution is 2.45. The van der Waals surface area contributed by atoms with E-state index < -0.39 is 5.60 Å². The molecule has 2 aliphatic rings. The standard InChI is InChI=1S/C12H19NO2/c1-11(2,3)15-10(14)13-9-5-4-6-12(13)7-8-12/h4,6H,5,7-9H2,1-3H3. The lowest BCUT2D eigenvalue weighted by atomic mass is 10.1. The summed E-state index contributed by atoms with van der Waals surface area (Å²) in [5, 5.41) is 0. The van der Waals surface area contributed by atoms with E-state index in [1.54, 1.807) is 0 Å². The molecule has 0 unspecified atom stereocenters. The molecule has 1 amide bonds. The number of amides is 1. The van der Waals surface area contributed by atoms with Gasteiger partial charge in [0.25, 0.3) is 0 Å². The maximum atomic E-state index is 11.9. The summed E-state index contributed by atoms with van der Waals surface area (Å²) < 4.78 is 5.41. The average molecular weight is 209 g/mol. The van der Waals surface area contributed by atoms with Crippen molar-refractivity contribution in [2.24, 2.45) is 0 Å². The Bertz CT molecular complexity index is 297. The van der Waals surface area contributed by atoms with Crippen molar-refractivity contribution >= 4 is 6.09 Å². The molecule has 1 aliphatic heterocycles. The van der Waals surface area contributed by atoms with Gasteiger partial charge in [-0.3, -0.25) is 4.90 Å². The van der Waals surface area contributed by atoms with E-state index in [9.17, 15) is 4.79 Å². The normalized spacial score (nSPS) is 23.0. The molecular weight excluding hydrogens is 190 g/mol. The molecule has 1 spiro atoms. The van der Waals surface area contributed by atoms with E-state index in [4.69, 9.17) is 4.74 Å². The Morgan fingerprint density at radius 1 is 1.40 bits per heavy atom. The number of rotatable bonds is 0. The summed E-state index contributed by atoms with van der Waals surface area (Å²) in [7, 11) is 0. The van der Waals surface area contributed by atoms with Crippen LogP contribution in [0.4, 0.5) is 4.79 Å². The van der Waals surface area contributed by atoms with Crippen LogP contribution in [0.1, 0.15) is 40.0 Å². The van der Waals surface area contributed by atoms with Crippen LogP contribution in [0.2, 0.25) is 0 Å². The van der Waals surface area contributed by atoms with Crippen LogP contribution < -0.4 is 0 Å². The topological polar surface area (TPSA) is 29.5 Å². The van der Waals surface area contributed by atoms with Crippen molar-refractivity contribution in [3.63, 3.8) is 0 Å². The molecule has 0 aromatic carbocycles. The van der Waals surface area contributed by atoms with Crippen LogP contribution in [0.25, 0.3) is 0 Å². The monoisotopic (exact) mass is 209 g/mol. The Morgan fingerprint density at radius 2 is 2.07 bits per heavy atom. The molecule has 84 valence electrons. The fourth-order valence-electron chi connectivity index (χ4n) is 1.97. The third kappa shape index (κ3) is 2.16. The molecular formula is C12H19NO2. The summed E-state index contributed by atoms with van der Waals surface area (Å²) in [6.45, 7) is 6.52. The quantitative estimate of drug-likeness (QED) is 0.574. The third-order valence-electron chi connectivity index (χ3n) is 2.86. The molecule has 15 heavy (non-hydrogen) atoms. The van der Waals surface area contributed by atoms with Crippen molar-refractivity contribution in [1.29, 1.82) is 0 Å². The number of carbonyl (C=O) groups excluding carboxylic acids is 1. The number of hydrogen-bond donors (Lipinski definition) is 0. The largest absolute Gasteiger partial charge is 0.444 e. The zero-order valence-corrected chi connectivity index (χ0v) is 9.75. The minimum atomic E-state index is -0.395. The number of hydrogen-bond acceptors (Lipinski definition) is 2. The van der Waals surface area contributed by atoms with Gasteiger partial charge in [-0.15, -0.1) is 0 Å². The fourth-order valence-corrected chi connectivity index (χ4v) is 1.97. The van der Waals surface area contributed by atoms with Gasteiger partial charge in [-0.05, 0) is 40.0 Å². The Hall–Kier alpha value is -0.990. The minimum Gasteiger partial charge on any atom is -0.444 e. The van der Waals surface area contributed by atoms with Crippen LogP contribution in [-0.4, -0.2) is 28.7 Å². The van der Waals surface area contributed by atoms with Crippen molar-refractivity contribution in [1.82, 2.24) is 4.90 Å². The van der Waals surface area contributed by atoms with E-state index in [-0.39, 0.29) is 11.6 Å². The Labute approximate surface area is 91.1 Å². The van der Waals surface area contributed by atoms with E-state index in [1.165, 1.54) is 0 Å². The summed E-state index contributed by atoms with van der Waals surface area (Å²) in [5.74, 6) is 0. The summed E-state index contributed by atoms with van der Waals surface area (Å²) in [6.07, 6.45) is 7.30. The molecule has 0 atom stereocenters. The lowest BCUT2D eigenvalue weighted by Crippen LogP contribution is -2.45. The van der Waals surface area contributed by atoms with E-state index in [0.29, 0.717) is 0 Å². The van der Waals surface area contributed by atoms with Gasteiger partial charge in [0.15, 0.2) is 0 Å². The highest BCUT2D eigenvalue weighted by molar-refractivity contribution is 5.71. The van der Waals surface area contributed by atoms with E-state index >= 15 is 0 Å². The first-order valence-corrected chi connectivity index (χ1v) is 5.61. The van der Waals surface area contributed by atoms with Gasteiger partial charge in [-0.25, -0.2) is 4.79 Å². The van der Waals surface area contributed by atoms with Crippen molar-refractivity contribution in [3.05, 3.63) is 12.2 Å². The molecule has 1 saturated carbocycles. The lowest BCUT2D eigenvalue weighted by molar-refractivity contribution is 0.0168. The predicted molar refractivity (Wildman–Crippen MR) is 58.7 cm³/mol. The fraction of sp³-hybridized carbons (Fsp3) is 0.750. The first-order chi connectivity index (χ1) is 6.93. The molecule has 0 bridgehead atoms. The first kappa shape index (κ1) is 10.5. The van der Waals surface area contributed by atoms with Crippen LogP contribution in [0.15, 0.2) is 12.2 Å². The molecule has 1 heterocycles. The van der Waals surface area contributed by atoms with Crippen LogP contribution >= 0.6 is 0 Å². The van der Waals surface area contributed by atoms with Crippen LogP contribution in [0.3, 0.4) is 0 Å². The van der Waals surface area contributed by atoms with Crippen molar-refractivity contribution in [2.45, 2.75) is 51.2 Å². The molecule has 1 aliphatic carbocycles. The lowest BCUT2D eigenvalue weighted by Gasteiger charge is -2.34. The smallest absolute Gasteiger partial charge is 0.411 e. The van der Waals surface area contributed by atoms with Crippen LogP contribution in [0.5, 0.6) is 0 Å². The summed E-state index contributed by atoms with van der Waals surface area (Å²) >= 11 is 0. The maximum absolute atomic E-state index is 11.9. The molecule has 0 aromatic heterocycles. The van der Waals surface area contributed by atoms with Gasteiger partial charge in [0.1, 0.15) is 5.60 Å². The van der Waals surface area contributed by atoms with Gasteiger partial charge in [0, 0.05) is 6.54 Å². The second-order valence-electron chi connectivity index (χ2n) is 5.43. The van der Waals surface area contributed by atoms with Gasteiger partial charge < -0.3 is 4.74 Å². The number of carbonyl (C=O) groups is 1. The van der Waals surface area contributed by atoms with E-state index in [0.717, 1.165) is 25.8 Å². The zero-order chi connectivity index (χ0) is 11.1. The number of nitrogens with zero attached hydrogens (tertiary/aromatic N) is 1. The van der Waals surface area contributed by atoms with Crippen molar-refractivity contribution in [2.75, 3.05) is 6.54 Å². The maximum Gasteiger partial charge on any atom is 0.411 e.